The molecule has 2 rings (SSSR count). The lowest BCUT2D eigenvalue weighted by molar-refractivity contribution is 0.807. The second-order valence-corrected chi connectivity index (χ2v) is 3.65. The average molecular weight is 254 g/mol. The Morgan fingerprint density at radius 1 is 1.29 bits per heavy atom. The van der Waals surface area contributed by atoms with Crippen LogP contribution in [0.25, 0.3) is 0 Å². The molecule has 7 nitrogen and oxygen atoms in total. The van der Waals surface area contributed by atoms with E-state index in [1.54, 1.807) is 13.2 Å². The number of hydrogen-bond donors (Lipinski definition) is 2. The minimum absolute atomic E-state index is 0.145. The van der Waals surface area contributed by atoms with Gasteiger partial charge in [0.2, 0.25) is 17.2 Å². The van der Waals surface area contributed by atoms with Gasteiger partial charge in [0, 0.05) is 26.5 Å². The van der Waals surface area contributed by atoms with Gasteiger partial charge in [-0.15, -0.1) is 0 Å². The molecule has 0 aliphatic carbocycles. The van der Waals surface area contributed by atoms with E-state index in [1.807, 2.05) is 17.8 Å². The zero-order valence-electron chi connectivity index (χ0n) is 9.48. The van der Waals surface area contributed by atoms with E-state index in [4.69, 9.17) is 11.6 Å². The van der Waals surface area contributed by atoms with Gasteiger partial charge in [-0.3, -0.25) is 0 Å². The van der Waals surface area contributed by atoms with E-state index in [1.165, 1.54) is 0 Å². The second kappa shape index (κ2) is 4.96. The summed E-state index contributed by atoms with van der Waals surface area (Å²) in [4.78, 5) is 16.1. The van der Waals surface area contributed by atoms with E-state index >= 15 is 0 Å². The topological polar surface area (TPSA) is 80.5 Å². The molecule has 90 valence electrons. The number of nitrogens with zero attached hydrogens (tertiary/aromatic N) is 5. The molecule has 2 aromatic rings. The van der Waals surface area contributed by atoms with Crippen molar-refractivity contribution in [2.75, 3.05) is 17.7 Å². The number of hydrogen-bond acceptors (Lipinski definition) is 6. The Balaban J connectivity index is 2.09. The molecule has 0 saturated heterocycles. The highest BCUT2D eigenvalue weighted by Gasteiger charge is 2.04. The van der Waals surface area contributed by atoms with Crippen LogP contribution < -0.4 is 10.6 Å². The number of anilines is 2. The smallest absolute Gasteiger partial charge is 0.229 e. The zero-order chi connectivity index (χ0) is 12.3. The van der Waals surface area contributed by atoms with Crippen LogP contribution in [0.2, 0.25) is 5.28 Å². The second-order valence-electron chi connectivity index (χ2n) is 3.31. The predicted octanol–water partition coefficient (Wildman–Crippen LogP) is 0.912. The summed E-state index contributed by atoms with van der Waals surface area (Å²) < 4.78 is 1.91. The molecule has 0 fully saturated rings. The van der Waals surface area contributed by atoms with Gasteiger partial charge >= 0.3 is 0 Å². The summed E-state index contributed by atoms with van der Waals surface area (Å²) >= 11 is 5.76. The first-order chi connectivity index (χ1) is 8.19. The van der Waals surface area contributed by atoms with Crippen LogP contribution in [0.5, 0.6) is 0 Å². The lowest BCUT2D eigenvalue weighted by Gasteiger charge is -2.06. The molecular formula is C9H12ClN7. The Bertz CT molecular complexity index is 510. The highest BCUT2D eigenvalue weighted by atomic mass is 35.5. The van der Waals surface area contributed by atoms with Gasteiger partial charge in [0.15, 0.2) is 0 Å². The summed E-state index contributed by atoms with van der Waals surface area (Å²) in [6, 6.07) is 0. The molecule has 0 unspecified atom stereocenters. The average Bonchev–Trinajstić information content (AvgIpc) is 2.71. The summed E-state index contributed by atoms with van der Waals surface area (Å²) in [5, 5.41) is 5.98. The van der Waals surface area contributed by atoms with Crippen molar-refractivity contribution in [3.63, 3.8) is 0 Å². The first-order valence-corrected chi connectivity index (χ1v) is 5.36. The Morgan fingerprint density at radius 2 is 2.06 bits per heavy atom. The summed E-state index contributed by atoms with van der Waals surface area (Å²) in [5.41, 5.74) is 0. The standard InChI is InChI=1S/C9H12ClN7/c1-11-8-14-7(10)15-9(16-8)13-5-6-12-3-4-17(6)2/h3-4H,5H2,1-2H3,(H2,11,13,14,15,16). The highest BCUT2D eigenvalue weighted by molar-refractivity contribution is 6.28. The first-order valence-electron chi connectivity index (χ1n) is 4.98. The molecular weight excluding hydrogens is 242 g/mol. The van der Waals surface area contributed by atoms with E-state index in [-0.39, 0.29) is 5.28 Å². The van der Waals surface area contributed by atoms with Gasteiger partial charge < -0.3 is 15.2 Å². The van der Waals surface area contributed by atoms with Crippen molar-refractivity contribution >= 4 is 23.5 Å². The van der Waals surface area contributed by atoms with Crippen LogP contribution in [0.3, 0.4) is 0 Å². The number of nitrogens with one attached hydrogen (secondary N) is 2. The van der Waals surface area contributed by atoms with Gasteiger partial charge in [0.25, 0.3) is 0 Å². The fourth-order valence-corrected chi connectivity index (χ4v) is 1.43. The third-order valence-electron chi connectivity index (χ3n) is 2.16. The minimum Gasteiger partial charge on any atom is -0.357 e. The van der Waals surface area contributed by atoms with Crippen LogP contribution in [-0.2, 0) is 13.6 Å². The number of halogens is 1. The SMILES string of the molecule is CNc1nc(Cl)nc(NCc2nccn2C)n1. The number of imidazole rings is 1. The number of aryl methyl sites for hydroxylation is 1. The van der Waals surface area contributed by atoms with Crippen LogP contribution in [-0.4, -0.2) is 31.6 Å². The first kappa shape index (κ1) is 11.6. The van der Waals surface area contributed by atoms with Crippen LogP contribution in [0.1, 0.15) is 5.82 Å². The van der Waals surface area contributed by atoms with Crippen molar-refractivity contribution in [1.29, 1.82) is 0 Å². The van der Waals surface area contributed by atoms with Crippen LogP contribution >= 0.6 is 11.6 Å². The summed E-state index contributed by atoms with van der Waals surface area (Å²) in [7, 11) is 3.64. The van der Waals surface area contributed by atoms with Gasteiger partial charge in [0.05, 0.1) is 6.54 Å². The molecule has 0 aromatic carbocycles. The molecule has 0 amide bonds. The number of rotatable bonds is 4. The Kier molecular flexibility index (Phi) is 3.38. The lowest BCUT2D eigenvalue weighted by atomic mass is 10.6. The van der Waals surface area contributed by atoms with Crippen molar-refractivity contribution in [3.05, 3.63) is 23.5 Å². The fourth-order valence-electron chi connectivity index (χ4n) is 1.27. The maximum atomic E-state index is 5.76. The van der Waals surface area contributed by atoms with E-state index in [0.29, 0.717) is 18.4 Å². The van der Waals surface area contributed by atoms with Crippen molar-refractivity contribution in [2.45, 2.75) is 6.54 Å². The van der Waals surface area contributed by atoms with E-state index in [9.17, 15) is 0 Å². The quantitative estimate of drug-likeness (QED) is 0.843. The maximum Gasteiger partial charge on any atom is 0.229 e. The molecule has 0 saturated carbocycles. The molecule has 0 aliphatic rings. The monoisotopic (exact) mass is 253 g/mol. The van der Waals surface area contributed by atoms with Gasteiger partial charge in [-0.1, -0.05) is 0 Å². The largest absolute Gasteiger partial charge is 0.357 e. The maximum absolute atomic E-state index is 5.76. The highest BCUT2D eigenvalue weighted by Crippen LogP contribution is 2.09. The minimum atomic E-state index is 0.145. The molecule has 0 spiro atoms. The Morgan fingerprint density at radius 3 is 2.71 bits per heavy atom. The molecule has 8 heteroatoms. The molecule has 2 N–H and O–H groups in total. The zero-order valence-corrected chi connectivity index (χ0v) is 10.2. The third-order valence-corrected chi connectivity index (χ3v) is 2.33. The number of aromatic nitrogens is 5. The lowest BCUT2D eigenvalue weighted by Crippen LogP contribution is -2.10. The molecule has 17 heavy (non-hydrogen) atoms. The molecule has 2 heterocycles. The van der Waals surface area contributed by atoms with Crippen LogP contribution in [0, 0.1) is 0 Å². The van der Waals surface area contributed by atoms with Gasteiger partial charge in [-0.05, 0) is 11.6 Å². The van der Waals surface area contributed by atoms with Gasteiger partial charge in [-0.2, -0.15) is 15.0 Å². The Hall–Kier alpha value is -1.89. The molecule has 2 aromatic heterocycles. The Labute approximate surface area is 103 Å². The van der Waals surface area contributed by atoms with Crippen molar-refractivity contribution in [3.8, 4) is 0 Å². The summed E-state index contributed by atoms with van der Waals surface area (Å²) in [6.07, 6.45) is 3.60. The van der Waals surface area contributed by atoms with Gasteiger partial charge in [-0.25, -0.2) is 4.98 Å². The molecule has 0 atom stereocenters. The third kappa shape index (κ3) is 2.82. The summed E-state index contributed by atoms with van der Waals surface area (Å²) in [5.74, 6) is 1.72. The van der Waals surface area contributed by atoms with E-state index in [2.05, 4.69) is 30.6 Å². The predicted molar refractivity (Wildman–Crippen MR) is 64.9 cm³/mol. The van der Waals surface area contributed by atoms with Crippen molar-refractivity contribution < 1.29 is 0 Å². The molecule has 0 radical (unpaired) electrons. The molecule has 0 bridgehead atoms. The van der Waals surface area contributed by atoms with Crippen LogP contribution in [0.15, 0.2) is 12.4 Å². The fraction of sp³-hybridized carbons (Fsp3) is 0.333. The normalized spacial score (nSPS) is 10.3. The van der Waals surface area contributed by atoms with Crippen molar-refractivity contribution in [1.82, 2.24) is 24.5 Å². The van der Waals surface area contributed by atoms with Crippen LogP contribution in [0.4, 0.5) is 11.9 Å². The summed E-state index contributed by atoms with van der Waals surface area (Å²) in [6.45, 7) is 0.521. The molecule has 0 aliphatic heterocycles. The van der Waals surface area contributed by atoms with Crippen molar-refractivity contribution in [2.24, 2.45) is 7.05 Å². The van der Waals surface area contributed by atoms with Gasteiger partial charge in [0.1, 0.15) is 5.82 Å². The van der Waals surface area contributed by atoms with E-state index < -0.39 is 0 Å². The van der Waals surface area contributed by atoms with E-state index in [0.717, 1.165) is 5.82 Å².